The number of ether oxygens (including phenoxy) is 1. The maximum atomic E-state index is 4.94. The third-order valence-corrected chi connectivity index (χ3v) is 11.0. The smallest absolute Gasteiger partial charge is 0.663 e. The van der Waals surface area contributed by atoms with E-state index in [4.69, 9.17) is 20.4 Å². The number of fused-ring (bicyclic) bond motifs is 1. The zero-order valence-corrected chi connectivity index (χ0v) is 54.7. The maximum absolute atomic E-state index is 4.94. The van der Waals surface area contributed by atoms with Crippen LogP contribution in [0, 0.1) is 6.07 Å². The summed E-state index contributed by atoms with van der Waals surface area (Å²) in [4.78, 5) is 21.8. The molecule has 11 nitrogen and oxygen atoms in total. The summed E-state index contributed by atoms with van der Waals surface area (Å²) in [6.45, 7) is 53.2. The van der Waals surface area contributed by atoms with Gasteiger partial charge in [0.1, 0.15) is 0 Å². The zero-order chi connectivity index (χ0) is 56.5. The molecular formula is C62H107IrN10OS. The molecule has 13 heteroatoms. The minimum Gasteiger partial charge on any atom is -0.663 e. The van der Waals surface area contributed by atoms with E-state index in [9.17, 15) is 0 Å². The van der Waals surface area contributed by atoms with Gasteiger partial charge in [-0.05, 0) is 146 Å². The van der Waals surface area contributed by atoms with Crippen LogP contribution in [-0.2, 0) is 24.8 Å². The van der Waals surface area contributed by atoms with E-state index in [-0.39, 0.29) is 26.4 Å². The van der Waals surface area contributed by atoms with Crippen molar-refractivity contribution in [1.29, 1.82) is 0 Å². The Morgan fingerprint density at radius 3 is 1.51 bits per heavy atom. The molecule has 0 aliphatic carbocycles. The Hall–Kier alpha value is -3.35. The SMILES string of the molecule is C1CCOC1.CC(C)N=C(NC(C)C)N(C(C)C)C(C)C.CC(C)N=C=NC(C)C.CC(C)NC(C)C.CC(C)[N-]C([N-]C(C)C)N(C(C)C)C(C)C.[Ir+3].[c-]1cc(-c2ccccc2)ccc1-c1nccc2sccc12. The van der Waals surface area contributed by atoms with Crippen LogP contribution in [-0.4, -0.2) is 119 Å². The van der Waals surface area contributed by atoms with Crippen LogP contribution in [0.1, 0.15) is 179 Å². The average molecular weight is 1230 g/mol. The molecule has 5 rings (SSSR count). The standard InChI is InChI=1S/C19H12NS.2C13H29N3.C7H14N2.C6H15N.C4H8O.Ir/c1-2-4-14(5-3-1)15-6-8-16(9-7-15)19-17-11-13-21-18(17)10-12-20-19;2*1-9(2)14-13(15-10(3)4)16(11(5)6)12(7)8;1-6(2)8-5-9-7(3)4;1-5(2)7-6(3)4;1-2-4-5-3-1;/h1-8,10-13H;9-12H,1-8H3,(H,14,15);9-13H,1-8H3;6-7H,1-4H3;5-7H,1-4H3;1-4H2;/q-1;;-2;;;;+3. The summed E-state index contributed by atoms with van der Waals surface area (Å²) in [7, 11) is 0. The molecule has 2 aromatic heterocycles. The van der Waals surface area contributed by atoms with Gasteiger partial charge in [0.05, 0.1) is 18.1 Å². The van der Waals surface area contributed by atoms with Crippen LogP contribution in [0.3, 0.4) is 0 Å². The number of hydrogen-bond donors (Lipinski definition) is 2. The largest absolute Gasteiger partial charge is 3.00 e. The van der Waals surface area contributed by atoms with Crippen molar-refractivity contribution in [2.45, 2.75) is 258 Å². The number of nitrogens with zero attached hydrogens (tertiary/aromatic N) is 8. The van der Waals surface area contributed by atoms with Crippen LogP contribution >= 0.6 is 11.3 Å². The van der Waals surface area contributed by atoms with Gasteiger partial charge >= 0.3 is 20.1 Å². The van der Waals surface area contributed by atoms with Gasteiger partial charge in [-0.2, -0.15) is 6.29 Å². The molecule has 2 N–H and O–H groups in total. The van der Waals surface area contributed by atoms with Gasteiger partial charge in [-0.3, -0.25) is 4.99 Å². The molecular weight excluding hydrogens is 1130 g/mol. The van der Waals surface area contributed by atoms with Gasteiger partial charge < -0.3 is 40.8 Å². The van der Waals surface area contributed by atoms with Crippen LogP contribution < -0.4 is 10.6 Å². The number of benzene rings is 2. The number of thiophene rings is 1. The molecule has 3 heterocycles. The molecule has 0 spiro atoms. The first-order valence-electron chi connectivity index (χ1n) is 27.9. The van der Waals surface area contributed by atoms with Gasteiger partial charge in [0, 0.05) is 72.4 Å². The Kier molecular flexibility index (Phi) is 41.0. The molecule has 0 atom stereocenters. The molecule has 1 fully saturated rings. The third kappa shape index (κ3) is 34.9. The second kappa shape index (κ2) is 41.7. The van der Waals surface area contributed by atoms with Crippen molar-refractivity contribution in [3.05, 3.63) is 88.9 Å². The first-order valence-corrected chi connectivity index (χ1v) is 28.7. The number of pyridine rings is 1. The average Bonchev–Trinajstić information content (AvgIpc) is 4.03. The monoisotopic (exact) mass is 1230 g/mol. The van der Waals surface area contributed by atoms with Crippen LogP contribution in [0.25, 0.3) is 43.1 Å². The van der Waals surface area contributed by atoms with Crippen molar-refractivity contribution < 1.29 is 24.8 Å². The first kappa shape index (κ1) is 73.7. The number of aromatic nitrogens is 1. The van der Waals surface area contributed by atoms with Gasteiger partial charge in [0.15, 0.2) is 5.96 Å². The van der Waals surface area contributed by atoms with Gasteiger partial charge in [-0.15, -0.1) is 53.2 Å². The minimum atomic E-state index is -0.000000000000000444. The van der Waals surface area contributed by atoms with E-state index in [1.807, 2.05) is 46.0 Å². The van der Waals surface area contributed by atoms with Crippen LogP contribution in [0.2, 0.25) is 0 Å². The van der Waals surface area contributed by atoms with Crippen molar-refractivity contribution in [3.63, 3.8) is 0 Å². The molecule has 75 heavy (non-hydrogen) atoms. The summed E-state index contributed by atoms with van der Waals surface area (Å²) >= 11 is 1.74. The molecule has 2 aromatic carbocycles. The van der Waals surface area contributed by atoms with Crippen molar-refractivity contribution in [2.75, 3.05) is 13.2 Å². The Labute approximate surface area is 478 Å². The van der Waals surface area contributed by atoms with E-state index < -0.39 is 0 Å². The van der Waals surface area contributed by atoms with E-state index in [1.54, 1.807) is 11.3 Å². The second-order valence-electron chi connectivity index (χ2n) is 22.1. The fourth-order valence-electron chi connectivity index (χ4n) is 7.55. The Balaban J connectivity index is 0. The first-order chi connectivity index (χ1) is 34.7. The number of guanidine groups is 1. The zero-order valence-electron chi connectivity index (χ0n) is 51.5. The molecule has 4 aromatic rings. The fourth-order valence-corrected chi connectivity index (χ4v) is 8.34. The van der Waals surface area contributed by atoms with Gasteiger partial charge in [0.2, 0.25) is 0 Å². The summed E-state index contributed by atoms with van der Waals surface area (Å²) in [5.41, 5.74) is 4.44. The predicted molar refractivity (Wildman–Crippen MR) is 329 cm³/mol. The molecule has 1 aliphatic heterocycles. The number of hydrogen-bond acceptors (Lipinski definition) is 8. The summed E-state index contributed by atoms with van der Waals surface area (Å²) in [5, 5.41) is 19.5. The summed E-state index contributed by atoms with van der Waals surface area (Å²) < 4.78 is 6.21. The Bertz CT molecular complexity index is 2020. The fraction of sp³-hybridized carbons (Fsp3) is 0.661. The molecule has 1 aliphatic rings. The van der Waals surface area contributed by atoms with E-state index in [0.29, 0.717) is 72.5 Å². The van der Waals surface area contributed by atoms with Crippen LogP contribution in [0.4, 0.5) is 0 Å². The number of aliphatic imine (C=N–C) groups is 3. The molecule has 0 saturated carbocycles. The van der Waals surface area contributed by atoms with Gasteiger partial charge in [0.25, 0.3) is 0 Å². The van der Waals surface area contributed by atoms with Crippen LogP contribution in [0.15, 0.2) is 87.2 Å². The predicted octanol–water partition coefficient (Wildman–Crippen LogP) is 16.4. The normalized spacial score (nSPS) is 12.4. The van der Waals surface area contributed by atoms with E-state index >= 15 is 0 Å². The van der Waals surface area contributed by atoms with E-state index in [1.165, 1.54) is 34.1 Å². The maximum Gasteiger partial charge on any atom is 3.00 e. The van der Waals surface area contributed by atoms with E-state index in [2.05, 4.69) is 240 Å². The van der Waals surface area contributed by atoms with Gasteiger partial charge in [-0.25, -0.2) is 9.98 Å². The minimum absolute atomic E-state index is 0. The van der Waals surface area contributed by atoms with Crippen LogP contribution in [0.5, 0.6) is 0 Å². The molecule has 0 radical (unpaired) electrons. The summed E-state index contributed by atoms with van der Waals surface area (Å²) in [6, 6.07) is 31.9. The van der Waals surface area contributed by atoms with Crippen molar-refractivity contribution in [3.8, 4) is 22.4 Å². The molecule has 0 amide bonds. The molecule has 0 bridgehead atoms. The molecule has 426 valence electrons. The van der Waals surface area contributed by atoms with Crippen molar-refractivity contribution >= 4 is 33.4 Å². The Morgan fingerprint density at radius 2 is 1.15 bits per heavy atom. The van der Waals surface area contributed by atoms with Crippen molar-refractivity contribution in [2.24, 2.45) is 15.0 Å². The third-order valence-electron chi connectivity index (χ3n) is 10.2. The number of nitrogens with one attached hydrogen (secondary N) is 2. The summed E-state index contributed by atoms with van der Waals surface area (Å²) in [5.74, 6) is 1.02. The quantitative estimate of drug-likeness (QED) is 0.0618. The second-order valence-corrected chi connectivity index (χ2v) is 23.0. The Morgan fingerprint density at radius 1 is 0.627 bits per heavy atom. The number of rotatable bonds is 17. The van der Waals surface area contributed by atoms with Gasteiger partial charge in [-0.1, -0.05) is 103 Å². The molecule has 1 saturated heterocycles. The molecule has 0 unspecified atom stereocenters. The van der Waals surface area contributed by atoms with Crippen molar-refractivity contribution in [1.82, 2.24) is 25.4 Å². The topological polar surface area (TPSA) is 118 Å². The summed E-state index contributed by atoms with van der Waals surface area (Å²) in [6.07, 6.45) is 4.42. The van der Waals surface area contributed by atoms with E-state index in [0.717, 1.165) is 30.4 Å².